The Morgan fingerprint density at radius 2 is 2.12 bits per heavy atom. The van der Waals surface area contributed by atoms with Crippen LogP contribution < -0.4 is 5.32 Å². The van der Waals surface area contributed by atoms with Gasteiger partial charge in [0.15, 0.2) is 0 Å². The number of nitrogens with one attached hydrogen (secondary N) is 1. The summed E-state index contributed by atoms with van der Waals surface area (Å²) in [6, 6.07) is 2.31. The molecule has 1 heterocycles. The maximum absolute atomic E-state index is 11.4. The Balaban J connectivity index is 2.47. The molecule has 2 atom stereocenters. The predicted octanol–water partition coefficient (Wildman–Crippen LogP) is 2.65. The lowest BCUT2D eigenvalue weighted by atomic mass is 10.0. The first-order chi connectivity index (χ1) is 7.95. The zero-order valence-corrected chi connectivity index (χ0v) is 12.0. The highest BCUT2D eigenvalue weighted by Gasteiger charge is 2.20. The van der Waals surface area contributed by atoms with Gasteiger partial charge in [-0.05, 0) is 32.4 Å². The number of esters is 1. The first-order valence-electron chi connectivity index (χ1n) is 5.82. The van der Waals surface area contributed by atoms with Gasteiger partial charge < -0.3 is 10.1 Å². The molecule has 0 spiro atoms. The number of aryl methyl sites for hydroxylation is 2. The fraction of sp³-hybridized carbons (Fsp3) is 0.615. The zero-order chi connectivity index (χ0) is 13.0. The largest absolute Gasteiger partial charge is 0.469 e. The van der Waals surface area contributed by atoms with Crippen molar-refractivity contribution in [1.29, 1.82) is 0 Å². The van der Waals surface area contributed by atoms with Gasteiger partial charge in [0.05, 0.1) is 13.0 Å². The molecule has 0 amide bonds. The number of methoxy groups -OCH3 is 1. The molecule has 1 rings (SSSR count). The van der Waals surface area contributed by atoms with Crippen LogP contribution in [0.4, 0.5) is 0 Å². The van der Waals surface area contributed by atoms with Gasteiger partial charge in [0, 0.05) is 22.3 Å². The molecule has 0 fully saturated rings. The summed E-state index contributed by atoms with van der Waals surface area (Å²) < 4.78 is 4.73. The molecule has 0 radical (unpaired) electrons. The fourth-order valence-electron chi connectivity index (χ4n) is 1.57. The minimum atomic E-state index is -0.163. The minimum absolute atomic E-state index is 0.116. The summed E-state index contributed by atoms with van der Waals surface area (Å²) in [7, 11) is 1.43. The molecule has 0 saturated heterocycles. The van der Waals surface area contributed by atoms with E-state index in [0.717, 1.165) is 6.54 Å². The molecule has 0 aliphatic carbocycles. The minimum Gasteiger partial charge on any atom is -0.469 e. The smallest absolute Gasteiger partial charge is 0.309 e. The maximum atomic E-state index is 11.4. The summed E-state index contributed by atoms with van der Waals surface area (Å²) in [6.45, 7) is 8.95. The van der Waals surface area contributed by atoms with Gasteiger partial charge in [0.2, 0.25) is 0 Å². The van der Waals surface area contributed by atoms with Gasteiger partial charge in [-0.3, -0.25) is 4.79 Å². The average Bonchev–Trinajstić information content (AvgIpc) is 2.63. The number of carbonyl (C=O) groups excluding carboxylic acids is 1. The van der Waals surface area contributed by atoms with E-state index < -0.39 is 0 Å². The van der Waals surface area contributed by atoms with Gasteiger partial charge in [-0.15, -0.1) is 11.3 Å². The third-order valence-corrected chi connectivity index (χ3v) is 4.29. The number of hydrogen-bond acceptors (Lipinski definition) is 4. The molecule has 1 N–H and O–H groups in total. The van der Waals surface area contributed by atoms with Crippen LogP contribution in [0.5, 0.6) is 0 Å². The Morgan fingerprint density at radius 3 is 2.59 bits per heavy atom. The van der Waals surface area contributed by atoms with Gasteiger partial charge in [-0.25, -0.2) is 0 Å². The first-order valence-corrected chi connectivity index (χ1v) is 6.64. The second-order valence-corrected chi connectivity index (χ2v) is 5.77. The molecule has 2 unspecified atom stereocenters. The Morgan fingerprint density at radius 1 is 1.47 bits per heavy atom. The molecule has 0 saturated carbocycles. The van der Waals surface area contributed by atoms with Gasteiger partial charge in [-0.2, -0.15) is 0 Å². The molecular weight excluding hydrogens is 234 g/mol. The highest BCUT2D eigenvalue weighted by Crippen LogP contribution is 2.20. The van der Waals surface area contributed by atoms with Crippen LogP contribution in [0.15, 0.2) is 6.07 Å². The molecule has 0 aromatic carbocycles. The molecule has 1 aromatic rings. The Bertz CT molecular complexity index is 367. The van der Waals surface area contributed by atoms with E-state index in [9.17, 15) is 4.79 Å². The van der Waals surface area contributed by atoms with Gasteiger partial charge >= 0.3 is 5.97 Å². The number of thiophene rings is 1. The van der Waals surface area contributed by atoms with E-state index in [-0.39, 0.29) is 17.9 Å². The van der Waals surface area contributed by atoms with Crippen molar-refractivity contribution in [2.24, 2.45) is 5.92 Å². The van der Waals surface area contributed by atoms with Gasteiger partial charge in [-0.1, -0.05) is 6.92 Å². The molecule has 0 bridgehead atoms. The fourth-order valence-corrected chi connectivity index (χ4v) is 2.57. The number of ether oxygens (including phenoxy) is 1. The zero-order valence-electron chi connectivity index (χ0n) is 11.2. The van der Waals surface area contributed by atoms with Gasteiger partial charge in [0.1, 0.15) is 0 Å². The van der Waals surface area contributed by atoms with E-state index >= 15 is 0 Å². The normalized spacial score (nSPS) is 14.4. The second-order valence-electron chi connectivity index (χ2n) is 4.43. The summed E-state index contributed by atoms with van der Waals surface area (Å²) in [6.07, 6.45) is 0. The van der Waals surface area contributed by atoms with Crippen molar-refractivity contribution in [1.82, 2.24) is 5.32 Å². The lowest BCUT2D eigenvalue weighted by molar-refractivity contribution is -0.145. The van der Waals surface area contributed by atoms with E-state index in [1.54, 1.807) is 11.3 Å². The van der Waals surface area contributed by atoms with Crippen molar-refractivity contribution < 1.29 is 9.53 Å². The lowest BCUT2D eigenvalue weighted by Crippen LogP contribution is -2.36. The molecule has 1 aromatic heterocycles. The quantitative estimate of drug-likeness (QED) is 0.822. The maximum Gasteiger partial charge on any atom is 0.309 e. The summed E-state index contributed by atoms with van der Waals surface area (Å²) in [4.78, 5) is 14.0. The highest BCUT2D eigenvalue weighted by atomic mass is 32.1. The van der Waals surface area contributed by atoms with Crippen LogP contribution in [0.1, 0.15) is 29.2 Å². The van der Waals surface area contributed by atoms with Crippen molar-refractivity contribution in [3.63, 3.8) is 0 Å². The summed E-state index contributed by atoms with van der Waals surface area (Å²) >= 11 is 1.80. The van der Waals surface area contributed by atoms with Crippen LogP contribution in [0.3, 0.4) is 0 Å². The number of hydrogen-bond donors (Lipinski definition) is 1. The van der Waals surface area contributed by atoms with Crippen LogP contribution in [-0.2, 0) is 16.1 Å². The van der Waals surface area contributed by atoms with Crippen LogP contribution in [0.25, 0.3) is 0 Å². The van der Waals surface area contributed by atoms with Crippen molar-refractivity contribution in [3.05, 3.63) is 21.4 Å². The van der Waals surface area contributed by atoms with Crippen molar-refractivity contribution >= 4 is 17.3 Å². The van der Waals surface area contributed by atoms with E-state index in [4.69, 9.17) is 4.74 Å². The molecule has 4 heteroatoms. The van der Waals surface area contributed by atoms with Crippen LogP contribution in [-0.4, -0.2) is 19.1 Å². The molecular formula is C13H21NO2S. The monoisotopic (exact) mass is 255 g/mol. The van der Waals surface area contributed by atoms with Crippen molar-refractivity contribution in [3.8, 4) is 0 Å². The van der Waals surface area contributed by atoms with E-state index in [1.165, 1.54) is 22.4 Å². The van der Waals surface area contributed by atoms with Crippen LogP contribution >= 0.6 is 11.3 Å². The van der Waals surface area contributed by atoms with Crippen LogP contribution in [0.2, 0.25) is 0 Å². The molecule has 96 valence electrons. The van der Waals surface area contributed by atoms with E-state index in [2.05, 4.69) is 25.2 Å². The highest BCUT2D eigenvalue weighted by molar-refractivity contribution is 7.12. The number of rotatable bonds is 5. The van der Waals surface area contributed by atoms with Gasteiger partial charge in [0.25, 0.3) is 0 Å². The second kappa shape index (κ2) is 6.17. The molecule has 0 aliphatic rings. The standard InChI is InChI=1S/C13H21NO2S/c1-8-6-12(17-11(8)4)7-14-10(3)9(2)13(15)16-5/h6,9-10,14H,7H2,1-5H3. The first kappa shape index (κ1) is 14.2. The van der Waals surface area contributed by atoms with E-state index in [0.29, 0.717) is 0 Å². The Kier molecular flexibility index (Phi) is 5.15. The molecule has 0 aliphatic heterocycles. The lowest BCUT2D eigenvalue weighted by Gasteiger charge is -2.18. The number of carbonyl (C=O) groups is 1. The Hall–Kier alpha value is -0.870. The molecule has 17 heavy (non-hydrogen) atoms. The SMILES string of the molecule is COC(=O)C(C)C(C)NCc1cc(C)c(C)s1. The average molecular weight is 255 g/mol. The summed E-state index contributed by atoms with van der Waals surface area (Å²) in [5, 5.41) is 3.36. The predicted molar refractivity (Wildman–Crippen MR) is 71.3 cm³/mol. The van der Waals surface area contributed by atoms with E-state index in [1.807, 2.05) is 13.8 Å². The molecule has 3 nitrogen and oxygen atoms in total. The summed E-state index contributed by atoms with van der Waals surface area (Å²) in [5.74, 6) is -0.286. The van der Waals surface area contributed by atoms with Crippen LogP contribution in [0, 0.1) is 19.8 Å². The van der Waals surface area contributed by atoms with Crippen molar-refractivity contribution in [2.45, 2.75) is 40.3 Å². The Labute approximate surface area is 107 Å². The van der Waals surface area contributed by atoms with Crippen molar-refractivity contribution in [2.75, 3.05) is 7.11 Å². The topological polar surface area (TPSA) is 38.3 Å². The third-order valence-electron chi connectivity index (χ3n) is 3.14. The summed E-state index contributed by atoms with van der Waals surface area (Å²) in [5.41, 5.74) is 1.33. The third kappa shape index (κ3) is 3.82.